The fourth-order valence-electron chi connectivity index (χ4n) is 4.90. The van der Waals surface area contributed by atoms with Gasteiger partial charge in [0.05, 0.1) is 37.0 Å². The number of rotatable bonds is 9. The molecule has 0 aliphatic carbocycles. The first-order valence-electron chi connectivity index (χ1n) is 14.8. The first kappa shape index (κ1) is 32.6. The van der Waals surface area contributed by atoms with Crippen molar-refractivity contribution in [1.82, 2.24) is 19.7 Å². The van der Waals surface area contributed by atoms with E-state index >= 15 is 4.39 Å². The van der Waals surface area contributed by atoms with Crippen LogP contribution in [0.4, 0.5) is 9.18 Å². The first-order chi connectivity index (χ1) is 21.5. The molecule has 2 aromatic carbocycles. The van der Waals surface area contributed by atoms with E-state index in [4.69, 9.17) is 19.0 Å². The van der Waals surface area contributed by atoms with Gasteiger partial charge in [-0.25, -0.2) is 18.8 Å². The molecule has 3 amide bonds. The molecular weight excluding hydrogens is 599 g/mol. The van der Waals surface area contributed by atoms with Gasteiger partial charge in [0.1, 0.15) is 23.6 Å². The number of ether oxygens (including phenoxy) is 3. The molecule has 0 unspecified atom stereocenters. The van der Waals surface area contributed by atoms with Gasteiger partial charge in [-0.05, 0) is 71.4 Å². The number of halogens is 1. The van der Waals surface area contributed by atoms with Crippen LogP contribution >= 0.6 is 0 Å². The number of nitrogens with zero attached hydrogens (tertiary/aromatic N) is 4. The van der Waals surface area contributed by atoms with Crippen molar-refractivity contribution in [2.75, 3.05) is 19.7 Å². The zero-order valence-corrected chi connectivity index (χ0v) is 26.6. The fraction of sp³-hybridized carbons (Fsp3) is 0.424. The zero-order valence-electron chi connectivity index (χ0n) is 26.6. The lowest BCUT2D eigenvalue weighted by atomic mass is 9.97. The van der Waals surface area contributed by atoms with Crippen LogP contribution < -0.4 is 4.74 Å². The van der Waals surface area contributed by atoms with Crippen molar-refractivity contribution in [3.8, 4) is 16.9 Å². The number of hydroxylamine groups is 2. The average Bonchev–Trinajstić information content (AvgIpc) is 3.50. The van der Waals surface area contributed by atoms with Gasteiger partial charge in [-0.2, -0.15) is 5.10 Å². The molecule has 0 N–H and O–H groups in total. The van der Waals surface area contributed by atoms with Gasteiger partial charge in [0.25, 0.3) is 11.8 Å². The number of hydrogen-bond acceptors (Lipinski definition) is 9. The van der Waals surface area contributed by atoms with Gasteiger partial charge in [0.2, 0.25) is 6.10 Å². The largest absolute Gasteiger partial charge is 0.490 e. The van der Waals surface area contributed by atoms with E-state index < -0.39 is 46.9 Å². The van der Waals surface area contributed by atoms with Gasteiger partial charge in [0.15, 0.2) is 5.67 Å². The van der Waals surface area contributed by atoms with Gasteiger partial charge in [-0.3, -0.25) is 14.3 Å². The average molecular weight is 637 g/mol. The zero-order chi connectivity index (χ0) is 33.4. The Morgan fingerprint density at radius 1 is 0.891 bits per heavy atom. The number of aromatic nitrogens is 2. The lowest BCUT2D eigenvalue weighted by Gasteiger charge is -2.44. The van der Waals surface area contributed by atoms with E-state index in [0.29, 0.717) is 10.8 Å². The Labute approximate surface area is 265 Å². The summed E-state index contributed by atoms with van der Waals surface area (Å²) in [5.74, 6) is -1.79. The van der Waals surface area contributed by atoms with E-state index in [9.17, 15) is 19.2 Å². The Morgan fingerprint density at radius 3 is 2.04 bits per heavy atom. The normalized spacial score (nSPS) is 16.5. The summed E-state index contributed by atoms with van der Waals surface area (Å²) in [6.45, 7) is 9.80. The van der Waals surface area contributed by atoms with Gasteiger partial charge < -0.3 is 19.1 Å². The van der Waals surface area contributed by atoms with Crippen LogP contribution in [0.1, 0.15) is 62.3 Å². The van der Waals surface area contributed by atoms with E-state index in [0.717, 1.165) is 11.1 Å². The molecule has 3 heterocycles. The van der Waals surface area contributed by atoms with Crippen LogP contribution in [0.25, 0.3) is 11.1 Å². The Morgan fingerprint density at radius 2 is 1.48 bits per heavy atom. The predicted molar refractivity (Wildman–Crippen MR) is 162 cm³/mol. The van der Waals surface area contributed by atoms with Gasteiger partial charge in [0, 0.05) is 11.8 Å². The molecule has 3 aromatic rings. The second-order valence-corrected chi connectivity index (χ2v) is 13.3. The van der Waals surface area contributed by atoms with Gasteiger partial charge in [-0.1, -0.05) is 24.3 Å². The molecule has 46 heavy (non-hydrogen) atoms. The standard InChI is InChI=1S/C33H37FN4O8/c1-31(2,3)44-29(41)26(46-38-27(39)24-9-7-8-10-25(24)28(38)40)17-43-23-13-11-21(12-14-23)22-15-35-37(16-22)20-33(34)18-36(19-33)30(42)45-32(4,5)6/h7-16,26H,17-20H2,1-6H3/t26-/m0/s1. The maximum absolute atomic E-state index is 15.2. The molecule has 12 nitrogen and oxygen atoms in total. The van der Waals surface area contributed by atoms with Crippen molar-refractivity contribution in [3.05, 3.63) is 72.1 Å². The molecule has 1 saturated heterocycles. The second kappa shape index (κ2) is 12.2. The molecule has 2 aliphatic heterocycles. The minimum atomic E-state index is -1.61. The highest BCUT2D eigenvalue weighted by Crippen LogP contribution is 2.30. The Balaban J connectivity index is 1.19. The van der Waals surface area contributed by atoms with Crippen LogP contribution in [0.2, 0.25) is 0 Å². The maximum Gasteiger partial charge on any atom is 0.410 e. The lowest BCUT2D eigenvalue weighted by molar-refractivity contribution is -0.193. The number of amides is 3. The van der Waals surface area contributed by atoms with Crippen molar-refractivity contribution in [1.29, 1.82) is 0 Å². The number of hydrogen-bond donors (Lipinski definition) is 0. The molecule has 0 radical (unpaired) electrons. The number of fused-ring (bicyclic) bond motifs is 1. The summed E-state index contributed by atoms with van der Waals surface area (Å²) < 4.78 is 33.3. The maximum atomic E-state index is 15.2. The van der Waals surface area contributed by atoms with Crippen LogP contribution in [0.5, 0.6) is 5.75 Å². The lowest BCUT2D eigenvalue weighted by Crippen LogP contribution is -2.63. The number of carbonyl (C=O) groups excluding carboxylic acids is 4. The number of esters is 1. The van der Waals surface area contributed by atoms with Crippen LogP contribution in [0, 0.1) is 0 Å². The molecule has 1 aromatic heterocycles. The van der Waals surface area contributed by atoms with Crippen LogP contribution in [0.3, 0.4) is 0 Å². The highest BCUT2D eigenvalue weighted by atomic mass is 19.1. The van der Waals surface area contributed by atoms with Crippen LogP contribution in [-0.4, -0.2) is 86.3 Å². The van der Waals surface area contributed by atoms with Crippen molar-refractivity contribution in [2.45, 2.75) is 71.1 Å². The molecule has 13 heteroatoms. The quantitative estimate of drug-likeness (QED) is 0.240. The molecule has 1 atom stereocenters. The monoisotopic (exact) mass is 636 g/mol. The van der Waals surface area contributed by atoms with Crippen molar-refractivity contribution in [2.24, 2.45) is 0 Å². The molecule has 1 fully saturated rings. The third kappa shape index (κ3) is 7.53. The van der Waals surface area contributed by atoms with E-state index in [-0.39, 0.29) is 37.4 Å². The third-order valence-electron chi connectivity index (χ3n) is 6.93. The first-order valence-corrected chi connectivity index (χ1v) is 14.8. The number of alkyl halides is 1. The van der Waals surface area contributed by atoms with E-state index in [2.05, 4.69) is 5.10 Å². The Hall–Kier alpha value is -4.78. The highest BCUT2D eigenvalue weighted by Gasteiger charge is 2.48. The van der Waals surface area contributed by atoms with E-state index in [1.807, 2.05) is 0 Å². The summed E-state index contributed by atoms with van der Waals surface area (Å²) >= 11 is 0. The smallest absolute Gasteiger partial charge is 0.410 e. The molecule has 244 valence electrons. The van der Waals surface area contributed by atoms with Crippen LogP contribution in [-0.2, 0) is 25.7 Å². The predicted octanol–water partition coefficient (Wildman–Crippen LogP) is 4.83. The summed E-state index contributed by atoms with van der Waals surface area (Å²) in [6.07, 6.45) is 1.35. The Bertz CT molecular complexity index is 1600. The molecular formula is C33H37FN4O8. The minimum absolute atomic E-state index is 0.0212. The van der Waals surface area contributed by atoms with Gasteiger partial charge in [-0.15, -0.1) is 5.06 Å². The molecule has 0 spiro atoms. The fourth-order valence-corrected chi connectivity index (χ4v) is 4.90. The summed E-state index contributed by atoms with van der Waals surface area (Å²) in [6, 6.07) is 13.1. The summed E-state index contributed by atoms with van der Waals surface area (Å²) in [4.78, 5) is 57.7. The topological polar surface area (TPSA) is 130 Å². The third-order valence-corrected chi connectivity index (χ3v) is 6.93. The molecule has 0 bridgehead atoms. The highest BCUT2D eigenvalue weighted by molar-refractivity contribution is 6.20. The number of imide groups is 1. The van der Waals surface area contributed by atoms with Crippen molar-refractivity contribution >= 4 is 23.9 Å². The van der Waals surface area contributed by atoms with Crippen molar-refractivity contribution < 1.29 is 42.6 Å². The molecule has 5 rings (SSSR count). The number of benzene rings is 2. The number of carbonyl (C=O) groups is 4. The minimum Gasteiger partial charge on any atom is -0.490 e. The van der Waals surface area contributed by atoms with E-state index in [1.54, 1.807) is 90.3 Å². The van der Waals surface area contributed by atoms with Crippen LogP contribution in [0.15, 0.2) is 60.9 Å². The second-order valence-electron chi connectivity index (χ2n) is 13.3. The molecule has 0 saturated carbocycles. The molecule has 2 aliphatic rings. The number of likely N-dealkylation sites (tertiary alicyclic amines) is 1. The van der Waals surface area contributed by atoms with Crippen molar-refractivity contribution in [3.63, 3.8) is 0 Å². The summed E-state index contributed by atoms with van der Waals surface area (Å²) in [7, 11) is 0. The SMILES string of the molecule is CC(C)(C)OC(=O)[C@H](COc1ccc(-c2cnn(CC3(F)CN(C(=O)OC(C)(C)C)C3)c2)cc1)ON1C(=O)c2ccccc2C1=O. The van der Waals surface area contributed by atoms with Gasteiger partial charge >= 0.3 is 12.1 Å². The summed E-state index contributed by atoms with van der Waals surface area (Å²) in [5, 5.41) is 4.84. The Kier molecular flexibility index (Phi) is 8.65. The van der Waals surface area contributed by atoms with E-state index in [1.165, 1.54) is 21.7 Å². The summed E-state index contributed by atoms with van der Waals surface area (Å²) in [5.41, 5.74) is -1.26.